The van der Waals surface area contributed by atoms with Gasteiger partial charge in [-0.15, -0.1) is 0 Å². The van der Waals surface area contributed by atoms with Gasteiger partial charge in [0, 0.05) is 6.54 Å². The summed E-state index contributed by atoms with van der Waals surface area (Å²) in [5, 5.41) is 3.37. The molecule has 16 heavy (non-hydrogen) atoms. The quantitative estimate of drug-likeness (QED) is 0.779. The van der Waals surface area contributed by atoms with E-state index in [0.717, 1.165) is 18.0 Å². The summed E-state index contributed by atoms with van der Waals surface area (Å²) in [6, 6.07) is 0. The van der Waals surface area contributed by atoms with Crippen molar-refractivity contribution in [1.82, 2.24) is 15.3 Å². The molecule has 1 N–H and O–H groups in total. The van der Waals surface area contributed by atoms with Gasteiger partial charge in [0.2, 0.25) is 11.8 Å². The molecule has 88 valence electrons. The van der Waals surface area contributed by atoms with Gasteiger partial charge in [-0.05, 0) is 25.3 Å². The van der Waals surface area contributed by atoms with Gasteiger partial charge in [-0.1, -0.05) is 0 Å². The molecular formula is C11H17N3O2. The first-order valence-electron chi connectivity index (χ1n) is 5.47. The van der Waals surface area contributed by atoms with Gasteiger partial charge < -0.3 is 14.8 Å². The summed E-state index contributed by atoms with van der Waals surface area (Å²) in [5.74, 6) is 2.01. The number of nitrogens with one attached hydrogen (secondary N) is 1. The highest BCUT2D eigenvalue weighted by Gasteiger charge is 2.21. The molecule has 1 aliphatic rings. The van der Waals surface area contributed by atoms with Crippen LogP contribution in [0.15, 0.2) is 6.33 Å². The van der Waals surface area contributed by atoms with Crippen molar-refractivity contribution in [2.45, 2.75) is 19.4 Å². The van der Waals surface area contributed by atoms with Crippen LogP contribution < -0.4 is 14.8 Å². The molecule has 1 heterocycles. The van der Waals surface area contributed by atoms with E-state index >= 15 is 0 Å². The first-order valence-corrected chi connectivity index (χ1v) is 5.47. The van der Waals surface area contributed by atoms with Crippen molar-refractivity contribution in [3.05, 3.63) is 11.9 Å². The fourth-order valence-corrected chi connectivity index (χ4v) is 1.61. The fraction of sp³-hybridized carbons (Fsp3) is 0.636. The zero-order valence-electron chi connectivity index (χ0n) is 9.69. The molecule has 0 aromatic carbocycles. The molecule has 0 amide bonds. The number of aromatic nitrogens is 2. The van der Waals surface area contributed by atoms with E-state index in [2.05, 4.69) is 15.3 Å². The van der Waals surface area contributed by atoms with Gasteiger partial charge in [0.1, 0.15) is 6.33 Å². The third-order valence-electron chi connectivity index (χ3n) is 2.68. The lowest BCUT2D eigenvalue weighted by Gasteiger charge is -2.11. The van der Waals surface area contributed by atoms with E-state index in [1.165, 1.54) is 19.2 Å². The summed E-state index contributed by atoms with van der Waals surface area (Å²) >= 11 is 0. The minimum atomic E-state index is 0.579. The van der Waals surface area contributed by atoms with Crippen LogP contribution >= 0.6 is 0 Å². The van der Waals surface area contributed by atoms with Crippen LogP contribution in [-0.2, 0) is 6.54 Å². The van der Waals surface area contributed by atoms with Gasteiger partial charge in [0.25, 0.3) is 0 Å². The highest BCUT2D eigenvalue weighted by atomic mass is 16.5. The van der Waals surface area contributed by atoms with E-state index < -0.39 is 0 Å². The summed E-state index contributed by atoms with van der Waals surface area (Å²) in [4.78, 5) is 8.13. The third kappa shape index (κ3) is 2.61. The van der Waals surface area contributed by atoms with Gasteiger partial charge in [-0.2, -0.15) is 0 Å². The summed E-state index contributed by atoms with van der Waals surface area (Å²) in [7, 11) is 3.21. The van der Waals surface area contributed by atoms with Crippen LogP contribution in [0.2, 0.25) is 0 Å². The van der Waals surface area contributed by atoms with Gasteiger partial charge in [0.15, 0.2) is 0 Å². The topological polar surface area (TPSA) is 56.3 Å². The number of nitrogens with zero attached hydrogens (tertiary/aromatic N) is 2. The lowest BCUT2D eigenvalue weighted by Crippen LogP contribution is -2.18. The van der Waals surface area contributed by atoms with E-state index in [9.17, 15) is 0 Å². The number of methoxy groups -OCH3 is 2. The number of ether oxygens (including phenoxy) is 2. The summed E-state index contributed by atoms with van der Waals surface area (Å²) in [6.45, 7) is 1.73. The molecular weight excluding hydrogens is 206 g/mol. The Hall–Kier alpha value is -1.36. The van der Waals surface area contributed by atoms with Crippen LogP contribution in [-0.4, -0.2) is 30.7 Å². The molecule has 1 aromatic rings. The SMILES string of the molecule is COc1ncnc(OC)c1CNCC1CC1. The lowest BCUT2D eigenvalue weighted by atomic mass is 10.3. The molecule has 0 saturated heterocycles. The largest absolute Gasteiger partial charge is 0.481 e. The molecule has 1 fully saturated rings. The molecule has 5 heteroatoms. The van der Waals surface area contributed by atoms with Crippen LogP contribution in [0.3, 0.4) is 0 Å². The highest BCUT2D eigenvalue weighted by Crippen LogP contribution is 2.28. The molecule has 1 aliphatic carbocycles. The van der Waals surface area contributed by atoms with Crippen molar-refractivity contribution >= 4 is 0 Å². The van der Waals surface area contributed by atoms with Gasteiger partial charge in [-0.3, -0.25) is 0 Å². The van der Waals surface area contributed by atoms with Crippen LogP contribution in [0.4, 0.5) is 0 Å². The second kappa shape index (κ2) is 5.12. The maximum Gasteiger partial charge on any atom is 0.224 e. The number of hydrogen-bond acceptors (Lipinski definition) is 5. The molecule has 0 bridgehead atoms. The zero-order chi connectivity index (χ0) is 11.4. The maximum atomic E-state index is 5.19. The van der Waals surface area contributed by atoms with Crippen LogP contribution in [0.1, 0.15) is 18.4 Å². The Morgan fingerprint density at radius 3 is 2.38 bits per heavy atom. The van der Waals surface area contributed by atoms with Crippen molar-refractivity contribution in [2.24, 2.45) is 5.92 Å². The third-order valence-corrected chi connectivity index (χ3v) is 2.68. The van der Waals surface area contributed by atoms with Crippen molar-refractivity contribution < 1.29 is 9.47 Å². The Morgan fingerprint density at radius 1 is 1.25 bits per heavy atom. The summed E-state index contributed by atoms with van der Waals surface area (Å²) < 4.78 is 10.4. The molecule has 0 unspecified atom stereocenters. The van der Waals surface area contributed by atoms with Crippen LogP contribution in [0.25, 0.3) is 0 Å². The van der Waals surface area contributed by atoms with E-state index in [-0.39, 0.29) is 0 Å². The van der Waals surface area contributed by atoms with E-state index in [1.54, 1.807) is 14.2 Å². The minimum Gasteiger partial charge on any atom is -0.481 e. The standard InChI is InChI=1S/C11H17N3O2/c1-15-10-9(6-12-5-8-3-4-8)11(16-2)14-7-13-10/h7-8,12H,3-6H2,1-2H3. The Bertz CT molecular complexity index is 331. The van der Waals surface area contributed by atoms with Gasteiger partial charge in [-0.25, -0.2) is 9.97 Å². The molecule has 2 rings (SSSR count). The average Bonchev–Trinajstić information content (AvgIpc) is 3.13. The van der Waals surface area contributed by atoms with Crippen LogP contribution in [0, 0.1) is 5.92 Å². The van der Waals surface area contributed by atoms with Crippen molar-refractivity contribution in [3.8, 4) is 11.8 Å². The molecule has 1 saturated carbocycles. The summed E-state index contributed by atoms with van der Waals surface area (Å²) in [6.07, 6.45) is 4.13. The monoisotopic (exact) mass is 223 g/mol. The predicted molar refractivity (Wildman–Crippen MR) is 59.6 cm³/mol. The first kappa shape index (κ1) is 11.1. The normalized spacial score (nSPS) is 14.9. The fourth-order valence-electron chi connectivity index (χ4n) is 1.61. The minimum absolute atomic E-state index is 0.579. The molecule has 0 radical (unpaired) electrons. The maximum absolute atomic E-state index is 5.19. The Kier molecular flexibility index (Phi) is 3.56. The second-order valence-electron chi connectivity index (χ2n) is 3.95. The van der Waals surface area contributed by atoms with Gasteiger partial charge in [0.05, 0.1) is 19.8 Å². The van der Waals surface area contributed by atoms with Gasteiger partial charge >= 0.3 is 0 Å². The molecule has 1 aromatic heterocycles. The van der Waals surface area contributed by atoms with E-state index in [4.69, 9.17) is 9.47 Å². The number of hydrogen-bond donors (Lipinski definition) is 1. The van der Waals surface area contributed by atoms with E-state index in [1.807, 2.05) is 0 Å². The average molecular weight is 223 g/mol. The smallest absolute Gasteiger partial charge is 0.224 e. The molecule has 0 atom stereocenters. The molecule has 0 spiro atoms. The first-order chi connectivity index (χ1) is 7.85. The Morgan fingerprint density at radius 2 is 1.88 bits per heavy atom. The Labute approximate surface area is 95.2 Å². The second-order valence-corrected chi connectivity index (χ2v) is 3.95. The molecule has 5 nitrogen and oxygen atoms in total. The Balaban J connectivity index is 2.02. The summed E-state index contributed by atoms with van der Waals surface area (Å²) in [5.41, 5.74) is 0.883. The van der Waals surface area contributed by atoms with Crippen molar-refractivity contribution in [2.75, 3.05) is 20.8 Å². The predicted octanol–water partition coefficient (Wildman–Crippen LogP) is 0.993. The molecule has 0 aliphatic heterocycles. The van der Waals surface area contributed by atoms with Crippen LogP contribution in [0.5, 0.6) is 11.8 Å². The highest BCUT2D eigenvalue weighted by molar-refractivity contribution is 5.34. The van der Waals surface area contributed by atoms with E-state index in [0.29, 0.717) is 18.3 Å². The lowest BCUT2D eigenvalue weighted by molar-refractivity contribution is 0.359. The number of rotatable bonds is 6. The zero-order valence-corrected chi connectivity index (χ0v) is 9.69. The van der Waals surface area contributed by atoms with Crippen molar-refractivity contribution in [3.63, 3.8) is 0 Å². The van der Waals surface area contributed by atoms with Crippen molar-refractivity contribution in [1.29, 1.82) is 0 Å².